The molecule has 3 rings (SSSR count). The van der Waals surface area contributed by atoms with E-state index in [9.17, 15) is 13.6 Å². The molecule has 30 heavy (non-hydrogen) atoms. The Labute approximate surface area is 175 Å². The van der Waals surface area contributed by atoms with Crippen LogP contribution in [-0.4, -0.2) is 32.4 Å². The van der Waals surface area contributed by atoms with Crippen molar-refractivity contribution in [3.05, 3.63) is 58.7 Å². The highest BCUT2D eigenvalue weighted by Crippen LogP contribution is 2.27. The van der Waals surface area contributed by atoms with Crippen molar-refractivity contribution in [1.29, 1.82) is 0 Å². The Kier molecular flexibility index (Phi) is 7.03. The van der Waals surface area contributed by atoms with Crippen molar-refractivity contribution < 1.29 is 23.0 Å². The van der Waals surface area contributed by atoms with Gasteiger partial charge in [-0.2, -0.15) is 0 Å². The summed E-state index contributed by atoms with van der Waals surface area (Å²) in [4.78, 5) is 17.1. The minimum absolute atomic E-state index is 0.0824. The molecule has 1 aliphatic rings. The highest BCUT2D eigenvalue weighted by Gasteiger charge is 2.18. The van der Waals surface area contributed by atoms with Gasteiger partial charge in [0.25, 0.3) is 5.91 Å². The molecule has 1 amide bonds. The van der Waals surface area contributed by atoms with Crippen LogP contribution in [-0.2, 0) is 6.42 Å². The first kappa shape index (κ1) is 21.7. The van der Waals surface area contributed by atoms with Crippen molar-refractivity contribution in [2.24, 2.45) is 4.99 Å². The normalized spacial score (nSPS) is 14.2. The molecule has 0 radical (unpaired) electrons. The Balaban J connectivity index is 1.76. The van der Waals surface area contributed by atoms with E-state index in [0.717, 1.165) is 36.7 Å². The molecule has 1 atom stereocenters. The zero-order chi connectivity index (χ0) is 21.7. The summed E-state index contributed by atoms with van der Waals surface area (Å²) in [5.74, 6) is -1.23. The smallest absolute Gasteiger partial charge is 0.251 e. The van der Waals surface area contributed by atoms with E-state index in [1.165, 1.54) is 6.07 Å². The molecule has 2 aromatic rings. The number of ether oxygens (including phenoxy) is 2. The van der Waals surface area contributed by atoms with Gasteiger partial charge in [0, 0.05) is 23.9 Å². The van der Waals surface area contributed by atoms with Crippen LogP contribution in [0.2, 0.25) is 0 Å². The van der Waals surface area contributed by atoms with Gasteiger partial charge in [-0.15, -0.1) is 0 Å². The minimum Gasteiger partial charge on any atom is -0.497 e. The number of carbonyl (C=O) groups excluding carboxylic acids is 1. The van der Waals surface area contributed by atoms with Crippen LogP contribution < -0.4 is 14.8 Å². The number of aryl methyl sites for hydroxylation is 1. The van der Waals surface area contributed by atoms with E-state index < -0.39 is 23.6 Å². The molecule has 0 spiro atoms. The molecule has 1 N–H and O–H groups in total. The summed E-state index contributed by atoms with van der Waals surface area (Å²) in [6, 6.07) is 7.25. The van der Waals surface area contributed by atoms with E-state index in [0.29, 0.717) is 24.3 Å². The molecule has 0 saturated heterocycles. The molecule has 1 heterocycles. The van der Waals surface area contributed by atoms with E-state index in [2.05, 4.69) is 10.3 Å². The number of methoxy groups -OCH3 is 2. The lowest BCUT2D eigenvalue weighted by atomic mass is 10.0. The first-order chi connectivity index (χ1) is 14.4. The summed E-state index contributed by atoms with van der Waals surface area (Å²) in [6.45, 7) is 2.59. The molecule has 5 nitrogen and oxygen atoms in total. The average Bonchev–Trinajstić information content (AvgIpc) is 3.27. The van der Waals surface area contributed by atoms with Crippen molar-refractivity contribution in [3.63, 3.8) is 0 Å². The summed E-state index contributed by atoms with van der Waals surface area (Å²) in [5.41, 5.74) is 2.05. The van der Waals surface area contributed by atoms with Crippen molar-refractivity contribution in [2.75, 3.05) is 20.8 Å². The standard InChI is InChI=1S/C23H26F2N2O3/c1-14(16-10-19(29-2)13-20(11-16)30-3)27-23(28)17-9-15(22(25)21(24)12-17)6-7-18-5-4-8-26-18/h9-14H,4-8H2,1-3H3,(H,27,28). The number of benzene rings is 2. The summed E-state index contributed by atoms with van der Waals surface area (Å²) < 4.78 is 38.9. The van der Waals surface area contributed by atoms with Crippen LogP contribution in [0, 0.1) is 11.6 Å². The molecule has 0 aromatic heterocycles. The van der Waals surface area contributed by atoms with Crippen LogP contribution in [0.3, 0.4) is 0 Å². The molecular formula is C23H26F2N2O3. The maximum atomic E-state index is 14.2. The Morgan fingerprint density at radius 1 is 1.10 bits per heavy atom. The molecule has 2 aromatic carbocycles. The molecule has 0 aliphatic carbocycles. The second-order valence-corrected chi connectivity index (χ2v) is 7.32. The molecule has 1 aliphatic heterocycles. The number of hydrogen-bond donors (Lipinski definition) is 1. The van der Waals surface area contributed by atoms with Gasteiger partial charge in [0.15, 0.2) is 11.6 Å². The van der Waals surface area contributed by atoms with Crippen LogP contribution in [0.25, 0.3) is 0 Å². The van der Waals surface area contributed by atoms with Crippen LogP contribution >= 0.6 is 0 Å². The summed E-state index contributed by atoms with van der Waals surface area (Å²) >= 11 is 0. The number of amides is 1. The average molecular weight is 416 g/mol. The van der Waals surface area contributed by atoms with E-state index >= 15 is 0 Å². The number of rotatable bonds is 8. The van der Waals surface area contributed by atoms with Gasteiger partial charge in [0.2, 0.25) is 0 Å². The predicted molar refractivity (Wildman–Crippen MR) is 112 cm³/mol. The topological polar surface area (TPSA) is 59.9 Å². The van der Waals surface area contributed by atoms with Gasteiger partial charge in [0.05, 0.1) is 20.3 Å². The predicted octanol–water partition coefficient (Wildman–Crippen LogP) is 4.64. The van der Waals surface area contributed by atoms with Crippen LogP contribution in [0.4, 0.5) is 8.78 Å². The number of aliphatic imine (C=N–C) groups is 1. The first-order valence-corrected chi connectivity index (χ1v) is 9.95. The van der Waals surface area contributed by atoms with Crippen molar-refractivity contribution >= 4 is 11.6 Å². The monoisotopic (exact) mass is 416 g/mol. The molecule has 160 valence electrons. The zero-order valence-electron chi connectivity index (χ0n) is 17.4. The van der Waals surface area contributed by atoms with E-state index in [1.54, 1.807) is 39.3 Å². The summed E-state index contributed by atoms with van der Waals surface area (Å²) in [5, 5.41) is 2.82. The Bertz CT molecular complexity index is 937. The van der Waals surface area contributed by atoms with Gasteiger partial charge in [-0.3, -0.25) is 9.79 Å². The van der Waals surface area contributed by atoms with E-state index in [4.69, 9.17) is 9.47 Å². The van der Waals surface area contributed by atoms with E-state index in [1.807, 2.05) is 0 Å². The number of hydrogen-bond acceptors (Lipinski definition) is 4. The van der Waals surface area contributed by atoms with Gasteiger partial charge in [-0.05, 0) is 68.0 Å². The summed E-state index contributed by atoms with van der Waals surface area (Å²) in [7, 11) is 3.09. The molecule has 1 unspecified atom stereocenters. The maximum absolute atomic E-state index is 14.2. The SMILES string of the molecule is COc1cc(OC)cc(C(C)NC(=O)c2cc(F)c(F)c(CCC3=NCCC3)c2)c1. The van der Waals surface area contributed by atoms with Gasteiger partial charge in [0.1, 0.15) is 11.5 Å². The quantitative estimate of drug-likeness (QED) is 0.682. The van der Waals surface area contributed by atoms with Crippen LogP contribution in [0.15, 0.2) is 35.3 Å². The van der Waals surface area contributed by atoms with Gasteiger partial charge < -0.3 is 14.8 Å². The lowest BCUT2D eigenvalue weighted by molar-refractivity contribution is 0.0939. The second-order valence-electron chi connectivity index (χ2n) is 7.32. The fraction of sp³-hybridized carbons (Fsp3) is 0.391. The number of halogens is 2. The van der Waals surface area contributed by atoms with E-state index in [-0.39, 0.29) is 11.1 Å². The van der Waals surface area contributed by atoms with Crippen molar-refractivity contribution in [2.45, 2.75) is 38.6 Å². The number of nitrogens with one attached hydrogen (secondary N) is 1. The molecular weight excluding hydrogens is 390 g/mol. The zero-order valence-corrected chi connectivity index (χ0v) is 17.4. The van der Waals surface area contributed by atoms with Gasteiger partial charge in [-0.1, -0.05) is 0 Å². The third kappa shape index (κ3) is 5.14. The molecule has 0 saturated carbocycles. The van der Waals surface area contributed by atoms with Crippen LogP contribution in [0.1, 0.15) is 53.7 Å². The Morgan fingerprint density at radius 2 is 1.80 bits per heavy atom. The first-order valence-electron chi connectivity index (χ1n) is 9.95. The fourth-order valence-electron chi connectivity index (χ4n) is 3.48. The number of carbonyl (C=O) groups is 1. The lowest BCUT2D eigenvalue weighted by Gasteiger charge is -2.17. The Morgan fingerprint density at radius 3 is 2.40 bits per heavy atom. The van der Waals surface area contributed by atoms with Crippen LogP contribution in [0.5, 0.6) is 11.5 Å². The lowest BCUT2D eigenvalue weighted by Crippen LogP contribution is -2.27. The fourth-order valence-corrected chi connectivity index (χ4v) is 3.48. The largest absolute Gasteiger partial charge is 0.497 e. The molecule has 7 heteroatoms. The van der Waals surface area contributed by atoms with Gasteiger partial charge in [-0.25, -0.2) is 8.78 Å². The minimum atomic E-state index is -1.03. The maximum Gasteiger partial charge on any atom is 0.251 e. The second kappa shape index (κ2) is 9.69. The summed E-state index contributed by atoms with van der Waals surface area (Å²) in [6.07, 6.45) is 2.78. The molecule has 0 fully saturated rings. The highest BCUT2D eigenvalue weighted by molar-refractivity contribution is 5.94. The third-order valence-corrected chi connectivity index (χ3v) is 5.23. The highest BCUT2D eigenvalue weighted by atomic mass is 19.2. The Hall–Kier alpha value is -2.96. The van der Waals surface area contributed by atoms with Crippen molar-refractivity contribution in [3.8, 4) is 11.5 Å². The van der Waals surface area contributed by atoms with Gasteiger partial charge >= 0.3 is 0 Å². The van der Waals surface area contributed by atoms with Crippen molar-refractivity contribution in [1.82, 2.24) is 5.32 Å². The number of nitrogens with zero attached hydrogens (tertiary/aromatic N) is 1. The molecule has 0 bridgehead atoms. The third-order valence-electron chi connectivity index (χ3n) is 5.23.